The summed E-state index contributed by atoms with van der Waals surface area (Å²) in [5.41, 5.74) is 2.29. The topological polar surface area (TPSA) is 63.3 Å². The highest BCUT2D eigenvalue weighted by atomic mass is 79.9. The third kappa shape index (κ3) is 6.10. The van der Waals surface area contributed by atoms with Crippen molar-refractivity contribution in [2.75, 3.05) is 40.0 Å². The van der Waals surface area contributed by atoms with Crippen LogP contribution in [0.15, 0.2) is 40.9 Å². The van der Waals surface area contributed by atoms with Crippen LogP contribution in [0, 0.1) is 5.82 Å². The molecule has 0 aliphatic carbocycles. The number of halogens is 2. The van der Waals surface area contributed by atoms with Gasteiger partial charge in [-0.15, -0.1) is 0 Å². The number of amides is 1. The van der Waals surface area contributed by atoms with Crippen LogP contribution in [-0.4, -0.2) is 67.9 Å². The second-order valence-electron chi connectivity index (χ2n) is 8.41. The van der Waals surface area contributed by atoms with Gasteiger partial charge in [0, 0.05) is 31.2 Å². The first-order chi connectivity index (χ1) is 15.9. The number of hydrogen-bond acceptors (Lipinski definition) is 6. The molecule has 0 radical (unpaired) electrons. The molecule has 0 bridgehead atoms. The van der Waals surface area contributed by atoms with E-state index in [0.717, 1.165) is 35.2 Å². The molecular weight excluding hydrogens is 493 g/mol. The van der Waals surface area contributed by atoms with Gasteiger partial charge >= 0.3 is 0 Å². The summed E-state index contributed by atoms with van der Waals surface area (Å²) in [7, 11) is 1.85. The van der Waals surface area contributed by atoms with Crippen LogP contribution in [0.5, 0.6) is 5.75 Å². The Kier molecular flexibility index (Phi) is 7.98. The SMILES string of the molecule is CC1C(NC(=O)c2cc(Br)c(CN3CCOCC3)cc2OCc2ccc(F)cc2)CON1C. The maximum Gasteiger partial charge on any atom is 0.255 e. The highest BCUT2D eigenvalue weighted by molar-refractivity contribution is 9.10. The van der Waals surface area contributed by atoms with E-state index in [0.29, 0.717) is 31.1 Å². The van der Waals surface area contributed by atoms with E-state index in [1.807, 2.05) is 26.1 Å². The smallest absolute Gasteiger partial charge is 0.255 e. The zero-order valence-electron chi connectivity index (χ0n) is 18.9. The molecule has 33 heavy (non-hydrogen) atoms. The molecule has 0 spiro atoms. The first kappa shape index (κ1) is 24.1. The predicted molar refractivity (Wildman–Crippen MR) is 125 cm³/mol. The maximum atomic E-state index is 13.3. The van der Waals surface area contributed by atoms with Crippen molar-refractivity contribution in [1.29, 1.82) is 0 Å². The van der Waals surface area contributed by atoms with E-state index in [1.165, 1.54) is 12.1 Å². The summed E-state index contributed by atoms with van der Waals surface area (Å²) < 4.78 is 25.7. The fourth-order valence-electron chi connectivity index (χ4n) is 3.87. The molecule has 0 saturated carbocycles. The summed E-state index contributed by atoms with van der Waals surface area (Å²) >= 11 is 3.65. The Morgan fingerprint density at radius 1 is 1.24 bits per heavy atom. The number of hydroxylamine groups is 2. The summed E-state index contributed by atoms with van der Waals surface area (Å²) in [6.45, 7) is 6.50. The van der Waals surface area contributed by atoms with E-state index in [2.05, 4.69) is 26.1 Å². The molecule has 7 nitrogen and oxygen atoms in total. The number of rotatable bonds is 7. The normalized spacial score (nSPS) is 21.8. The molecule has 2 fully saturated rings. The molecule has 2 aliphatic heterocycles. The summed E-state index contributed by atoms with van der Waals surface area (Å²) in [4.78, 5) is 21.0. The van der Waals surface area contributed by atoms with Crippen LogP contribution < -0.4 is 10.1 Å². The van der Waals surface area contributed by atoms with Crippen molar-refractivity contribution in [1.82, 2.24) is 15.3 Å². The average Bonchev–Trinajstić information content (AvgIpc) is 3.13. The number of hydrogen-bond donors (Lipinski definition) is 1. The van der Waals surface area contributed by atoms with Crippen LogP contribution in [0.1, 0.15) is 28.4 Å². The molecular formula is C24H29BrFN3O4. The lowest BCUT2D eigenvalue weighted by Crippen LogP contribution is -2.43. The largest absolute Gasteiger partial charge is 0.488 e. The van der Waals surface area contributed by atoms with E-state index in [1.54, 1.807) is 17.2 Å². The number of carbonyl (C=O) groups is 1. The second kappa shape index (κ2) is 10.9. The van der Waals surface area contributed by atoms with E-state index >= 15 is 0 Å². The fourth-order valence-corrected chi connectivity index (χ4v) is 4.34. The van der Waals surface area contributed by atoms with Crippen molar-refractivity contribution in [2.45, 2.75) is 32.2 Å². The minimum absolute atomic E-state index is 0.0570. The molecule has 0 aromatic heterocycles. The number of carbonyl (C=O) groups excluding carboxylic acids is 1. The van der Waals surface area contributed by atoms with Crippen molar-refractivity contribution < 1.29 is 23.5 Å². The van der Waals surface area contributed by atoms with Crippen LogP contribution in [0.25, 0.3) is 0 Å². The van der Waals surface area contributed by atoms with Crippen LogP contribution in [0.3, 0.4) is 0 Å². The molecule has 2 heterocycles. The van der Waals surface area contributed by atoms with Crippen LogP contribution in [0.4, 0.5) is 4.39 Å². The molecule has 1 amide bonds. The van der Waals surface area contributed by atoms with E-state index < -0.39 is 0 Å². The van der Waals surface area contributed by atoms with Gasteiger partial charge in [-0.3, -0.25) is 14.5 Å². The van der Waals surface area contributed by atoms with Gasteiger partial charge in [0.1, 0.15) is 18.2 Å². The molecule has 1 N–H and O–H groups in total. The molecule has 9 heteroatoms. The molecule has 178 valence electrons. The maximum absolute atomic E-state index is 13.3. The number of likely N-dealkylation sites (N-methyl/N-ethyl adjacent to an activating group) is 1. The first-order valence-corrected chi connectivity index (χ1v) is 11.9. The van der Waals surface area contributed by atoms with Crippen LogP contribution >= 0.6 is 15.9 Å². The van der Waals surface area contributed by atoms with Gasteiger partial charge in [-0.2, -0.15) is 5.06 Å². The summed E-state index contributed by atoms with van der Waals surface area (Å²) in [6.07, 6.45) is 0. The van der Waals surface area contributed by atoms with Gasteiger partial charge in [-0.1, -0.05) is 28.1 Å². The Morgan fingerprint density at radius 3 is 2.64 bits per heavy atom. The van der Waals surface area contributed by atoms with Crippen LogP contribution in [-0.2, 0) is 22.7 Å². The first-order valence-electron chi connectivity index (χ1n) is 11.1. The number of ether oxygens (including phenoxy) is 2. The molecule has 2 atom stereocenters. The summed E-state index contributed by atoms with van der Waals surface area (Å²) in [5, 5.41) is 4.81. The van der Waals surface area contributed by atoms with Gasteiger partial charge in [0.05, 0.1) is 37.5 Å². The molecule has 2 aliphatic rings. The summed E-state index contributed by atoms with van der Waals surface area (Å²) in [6, 6.07) is 9.81. The number of nitrogens with zero attached hydrogens (tertiary/aromatic N) is 2. The lowest BCUT2D eigenvalue weighted by atomic mass is 10.1. The standard InChI is InChI=1S/C24H29BrFN3O4/c1-16-22(15-33-28(16)2)27-24(30)20-12-21(25)18(13-29-7-9-31-10-8-29)11-23(20)32-14-17-3-5-19(26)6-4-17/h3-6,11-12,16,22H,7-10,13-15H2,1-2H3,(H,27,30). The fraction of sp³-hybridized carbons (Fsp3) is 0.458. The van der Waals surface area contributed by atoms with Crippen molar-refractivity contribution in [3.63, 3.8) is 0 Å². The number of morpholine rings is 1. The highest BCUT2D eigenvalue weighted by Gasteiger charge is 2.31. The van der Waals surface area contributed by atoms with Gasteiger partial charge in [-0.05, 0) is 42.3 Å². The minimum atomic E-state index is -0.298. The Hall–Kier alpha value is -2.04. The Morgan fingerprint density at radius 2 is 1.97 bits per heavy atom. The second-order valence-corrected chi connectivity index (χ2v) is 9.26. The van der Waals surface area contributed by atoms with Crippen molar-refractivity contribution in [2.24, 2.45) is 0 Å². The van der Waals surface area contributed by atoms with Crippen LogP contribution in [0.2, 0.25) is 0 Å². The van der Waals surface area contributed by atoms with Crippen molar-refractivity contribution >= 4 is 21.8 Å². The zero-order valence-corrected chi connectivity index (χ0v) is 20.4. The lowest BCUT2D eigenvalue weighted by molar-refractivity contribution is -0.106. The number of nitrogens with one attached hydrogen (secondary N) is 1. The zero-order chi connectivity index (χ0) is 23.4. The van der Waals surface area contributed by atoms with E-state index in [4.69, 9.17) is 14.3 Å². The number of benzene rings is 2. The van der Waals surface area contributed by atoms with Gasteiger partial charge < -0.3 is 14.8 Å². The third-order valence-corrected chi connectivity index (χ3v) is 6.87. The molecule has 2 aromatic carbocycles. The van der Waals surface area contributed by atoms with Gasteiger partial charge in [0.15, 0.2) is 0 Å². The van der Waals surface area contributed by atoms with Gasteiger partial charge in [0.2, 0.25) is 0 Å². The molecule has 2 unspecified atom stereocenters. The minimum Gasteiger partial charge on any atom is -0.488 e. The van der Waals surface area contributed by atoms with Gasteiger partial charge in [0.25, 0.3) is 5.91 Å². The van der Waals surface area contributed by atoms with Crippen molar-refractivity contribution in [3.05, 3.63) is 63.4 Å². The Bertz CT molecular complexity index is 969. The van der Waals surface area contributed by atoms with Gasteiger partial charge in [-0.25, -0.2) is 4.39 Å². The van der Waals surface area contributed by atoms with E-state index in [-0.39, 0.29) is 30.4 Å². The third-order valence-electron chi connectivity index (χ3n) is 6.13. The Labute approximate surface area is 201 Å². The molecule has 2 aromatic rings. The quantitative estimate of drug-likeness (QED) is 0.602. The average molecular weight is 522 g/mol. The van der Waals surface area contributed by atoms with E-state index in [9.17, 15) is 9.18 Å². The predicted octanol–water partition coefficient (Wildman–Crippen LogP) is 3.36. The lowest BCUT2D eigenvalue weighted by Gasteiger charge is -2.27. The summed E-state index contributed by atoms with van der Waals surface area (Å²) in [5.74, 6) is -0.0326. The highest BCUT2D eigenvalue weighted by Crippen LogP contribution is 2.30. The van der Waals surface area contributed by atoms with Crippen molar-refractivity contribution in [3.8, 4) is 5.75 Å². The molecule has 2 saturated heterocycles. The monoisotopic (exact) mass is 521 g/mol. The Balaban J connectivity index is 1.56. The molecule has 4 rings (SSSR count).